The number of aromatic nitrogens is 1. The van der Waals surface area contributed by atoms with E-state index in [9.17, 15) is 9.18 Å². The molecule has 1 N–H and O–H groups in total. The monoisotopic (exact) mass is 454 g/mol. The van der Waals surface area contributed by atoms with Crippen molar-refractivity contribution in [1.29, 1.82) is 0 Å². The number of fused-ring (bicyclic) bond motifs is 1. The molecule has 0 saturated carbocycles. The number of benzene rings is 3. The van der Waals surface area contributed by atoms with Gasteiger partial charge in [0.05, 0.1) is 22.5 Å². The number of nitrogens with one attached hydrogen (secondary N) is 1. The number of pyridine rings is 1. The lowest BCUT2D eigenvalue weighted by Crippen LogP contribution is -2.14. The van der Waals surface area contributed by atoms with Gasteiger partial charge >= 0.3 is 0 Å². The molecule has 1 amide bonds. The van der Waals surface area contributed by atoms with Crippen LogP contribution in [-0.2, 0) is 0 Å². The Morgan fingerprint density at radius 3 is 2.50 bits per heavy atom. The minimum absolute atomic E-state index is 0.113. The molecule has 1 aromatic heterocycles. The van der Waals surface area contributed by atoms with E-state index in [0.29, 0.717) is 31.7 Å². The smallest absolute Gasteiger partial charge is 0.256 e. The van der Waals surface area contributed by atoms with Crippen LogP contribution in [0.15, 0.2) is 77.3 Å². The first-order valence-corrected chi connectivity index (χ1v) is 9.60. The van der Waals surface area contributed by atoms with Crippen molar-refractivity contribution in [2.45, 2.75) is 0 Å². The van der Waals surface area contributed by atoms with E-state index in [1.807, 2.05) is 36.4 Å². The minimum Gasteiger partial charge on any atom is -0.319 e. The lowest BCUT2D eigenvalue weighted by Gasteiger charge is -2.11. The van der Waals surface area contributed by atoms with Crippen molar-refractivity contribution >= 4 is 50.0 Å². The van der Waals surface area contributed by atoms with E-state index in [4.69, 9.17) is 11.6 Å². The molecule has 0 bridgehead atoms. The van der Waals surface area contributed by atoms with Gasteiger partial charge < -0.3 is 5.32 Å². The van der Waals surface area contributed by atoms with Gasteiger partial charge in [-0.1, -0.05) is 57.9 Å². The highest BCUT2D eigenvalue weighted by Crippen LogP contribution is 2.27. The Kier molecular flexibility index (Phi) is 5.11. The summed E-state index contributed by atoms with van der Waals surface area (Å²) in [5.74, 6) is -0.922. The molecule has 0 saturated heterocycles. The second-order valence-electron chi connectivity index (χ2n) is 6.16. The average Bonchev–Trinajstić information content (AvgIpc) is 2.69. The summed E-state index contributed by atoms with van der Waals surface area (Å²) < 4.78 is 14.8. The molecule has 6 heteroatoms. The van der Waals surface area contributed by atoms with Gasteiger partial charge in [0.25, 0.3) is 5.91 Å². The van der Waals surface area contributed by atoms with Crippen molar-refractivity contribution in [2.24, 2.45) is 0 Å². The second kappa shape index (κ2) is 7.70. The largest absolute Gasteiger partial charge is 0.319 e. The van der Waals surface area contributed by atoms with Crippen LogP contribution in [0.2, 0.25) is 5.02 Å². The van der Waals surface area contributed by atoms with Gasteiger partial charge in [0, 0.05) is 20.4 Å². The highest BCUT2D eigenvalue weighted by Gasteiger charge is 2.15. The van der Waals surface area contributed by atoms with Crippen molar-refractivity contribution in [2.75, 3.05) is 5.32 Å². The maximum atomic E-state index is 14.2. The zero-order valence-electron chi connectivity index (χ0n) is 14.4. The van der Waals surface area contributed by atoms with E-state index in [0.717, 1.165) is 5.56 Å². The second-order valence-corrected chi connectivity index (χ2v) is 7.51. The van der Waals surface area contributed by atoms with E-state index >= 15 is 0 Å². The molecule has 3 aromatic carbocycles. The number of hydrogen-bond acceptors (Lipinski definition) is 2. The Hall–Kier alpha value is -2.76. The molecule has 0 aliphatic carbocycles. The number of carbonyl (C=O) groups excluding carboxylic acids is 1. The topological polar surface area (TPSA) is 42.0 Å². The number of anilines is 1. The van der Waals surface area contributed by atoms with Gasteiger partial charge in [-0.15, -0.1) is 0 Å². The Balaban J connectivity index is 1.80. The van der Waals surface area contributed by atoms with Crippen molar-refractivity contribution in [3.8, 4) is 11.3 Å². The lowest BCUT2D eigenvalue weighted by atomic mass is 10.0. The summed E-state index contributed by atoms with van der Waals surface area (Å²) >= 11 is 9.18. The zero-order chi connectivity index (χ0) is 19.7. The van der Waals surface area contributed by atoms with Crippen LogP contribution in [-0.4, -0.2) is 10.9 Å². The molecular formula is C22H13BrClFN2O. The molecular weight excluding hydrogens is 443 g/mol. The molecule has 1 heterocycles. The number of para-hydroxylation sites is 1. The molecule has 0 radical (unpaired) electrons. The third kappa shape index (κ3) is 3.77. The van der Waals surface area contributed by atoms with E-state index in [2.05, 4.69) is 26.2 Å². The first kappa shape index (κ1) is 18.6. The standard InChI is InChI=1S/C22H13BrClFN2O/c23-14-7-10-20(18(25)11-14)27-22(28)17-12-21(13-5-8-15(24)9-6-13)26-19-4-2-1-3-16(17)19/h1-12H,(H,27,28). The normalized spacial score (nSPS) is 10.8. The summed E-state index contributed by atoms with van der Waals surface area (Å²) in [5, 5.41) is 3.96. The zero-order valence-corrected chi connectivity index (χ0v) is 16.8. The highest BCUT2D eigenvalue weighted by atomic mass is 79.9. The van der Waals surface area contributed by atoms with Gasteiger partial charge in [-0.05, 0) is 42.5 Å². The van der Waals surface area contributed by atoms with Crippen LogP contribution in [0.4, 0.5) is 10.1 Å². The van der Waals surface area contributed by atoms with Crippen LogP contribution in [0.5, 0.6) is 0 Å². The molecule has 3 nitrogen and oxygen atoms in total. The highest BCUT2D eigenvalue weighted by molar-refractivity contribution is 9.10. The van der Waals surface area contributed by atoms with Gasteiger partial charge in [0.15, 0.2) is 0 Å². The summed E-state index contributed by atoms with van der Waals surface area (Å²) in [6, 6.07) is 20.8. The summed E-state index contributed by atoms with van der Waals surface area (Å²) in [6.07, 6.45) is 0. The van der Waals surface area contributed by atoms with Gasteiger partial charge in [0.2, 0.25) is 0 Å². The number of rotatable bonds is 3. The van der Waals surface area contributed by atoms with Crippen molar-refractivity contribution in [1.82, 2.24) is 4.98 Å². The number of amides is 1. The van der Waals surface area contributed by atoms with Gasteiger partial charge in [-0.25, -0.2) is 9.37 Å². The lowest BCUT2D eigenvalue weighted by molar-refractivity contribution is 0.102. The first-order valence-electron chi connectivity index (χ1n) is 8.43. The molecule has 4 rings (SSSR count). The van der Waals surface area contributed by atoms with Gasteiger partial charge in [0.1, 0.15) is 5.82 Å². The van der Waals surface area contributed by atoms with Crippen molar-refractivity contribution in [3.63, 3.8) is 0 Å². The predicted octanol–water partition coefficient (Wildman–Crippen LogP) is 6.71. The van der Waals surface area contributed by atoms with Crippen LogP contribution >= 0.6 is 27.5 Å². The number of carbonyl (C=O) groups is 1. The Morgan fingerprint density at radius 2 is 1.75 bits per heavy atom. The molecule has 0 aliphatic heterocycles. The van der Waals surface area contributed by atoms with Crippen LogP contribution in [0.1, 0.15) is 10.4 Å². The molecule has 0 aliphatic rings. The molecule has 4 aromatic rings. The summed E-state index contributed by atoms with van der Waals surface area (Å²) in [5.41, 5.74) is 2.67. The minimum atomic E-state index is -0.515. The van der Waals surface area contributed by atoms with Crippen LogP contribution in [0.3, 0.4) is 0 Å². The summed E-state index contributed by atoms with van der Waals surface area (Å²) in [7, 11) is 0. The molecule has 138 valence electrons. The SMILES string of the molecule is O=C(Nc1ccc(Br)cc1F)c1cc(-c2ccc(Cl)cc2)nc2ccccc12. The van der Waals surface area contributed by atoms with E-state index < -0.39 is 11.7 Å². The summed E-state index contributed by atoms with van der Waals surface area (Å²) in [6.45, 7) is 0. The molecule has 28 heavy (non-hydrogen) atoms. The summed E-state index contributed by atoms with van der Waals surface area (Å²) in [4.78, 5) is 17.6. The average molecular weight is 456 g/mol. The van der Waals surface area contributed by atoms with E-state index in [-0.39, 0.29) is 5.69 Å². The van der Waals surface area contributed by atoms with E-state index in [1.54, 1.807) is 24.3 Å². The van der Waals surface area contributed by atoms with Gasteiger partial charge in [-0.3, -0.25) is 4.79 Å². The maximum Gasteiger partial charge on any atom is 0.256 e. The maximum absolute atomic E-state index is 14.2. The fourth-order valence-corrected chi connectivity index (χ4v) is 3.37. The van der Waals surface area contributed by atoms with Crippen LogP contribution < -0.4 is 5.32 Å². The Labute approximate surface area is 174 Å². The van der Waals surface area contributed by atoms with Crippen molar-refractivity contribution < 1.29 is 9.18 Å². The quantitative estimate of drug-likeness (QED) is 0.373. The van der Waals surface area contributed by atoms with Crippen LogP contribution in [0.25, 0.3) is 22.2 Å². The molecule has 0 spiro atoms. The fraction of sp³-hybridized carbons (Fsp3) is 0. The molecule has 0 unspecified atom stereocenters. The molecule has 0 fully saturated rings. The molecule has 0 atom stereocenters. The van der Waals surface area contributed by atoms with Gasteiger partial charge in [-0.2, -0.15) is 0 Å². The Morgan fingerprint density at radius 1 is 1.00 bits per heavy atom. The Bertz CT molecular complexity index is 1200. The number of hydrogen-bond donors (Lipinski definition) is 1. The number of nitrogens with zero attached hydrogens (tertiary/aromatic N) is 1. The fourth-order valence-electron chi connectivity index (χ4n) is 2.91. The predicted molar refractivity (Wildman–Crippen MR) is 114 cm³/mol. The van der Waals surface area contributed by atoms with Crippen molar-refractivity contribution in [3.05, 3.63) is 93.7 Å². The third-order valence-electron chi connectivity index (χ3n) is 4.28. The van der Waals surface area contributed by atoms with E-state index in [1.165, 1.54) is 12.1 Å². The first-order chi connectivity index (χ1) is 13.5. The van der Waals surface area contributed by atoms with Crippen LogP contribution in [0, 0.1) is 5.82 Å². The number of halogens is 3. The third-order valence-corrected chi connectivity index (χ3v) is 5.03.